The second-order valence-electron chi connectivity index (χ2n) is 4.87. The van der Waals surface area contributed by atoms with Gasteiger partial charge in [0.15, 0.2) is 0 Å². The van der Waals surface area contributed by atoms with E-state index in [-0.39, 0.29) is 0 Å². The van der Waals surface area contributed by atoms with Gasteiger partial charge >= 0.3 is 0 Å². The van der Waals surface area contributed by atoms with Crippen molar-refractivity contribution in [2.75, 3.05) is 0 Å². The van der Waals surface area contributed by atoms with Crippen LogP contribution in [0.25, 0.3) is 10.4 Å². The van der Waals surface area contributed by atoms with Gasteiger partial charge in [-0.25, -0.2) is 0 Å². The van der Waals surface area contributed by atoms with Crippen LogP contribution in [0.2, 0.25) is 0 Å². The molecule has 17 heavy (non-hydrogen) atoms. The third kappa shape index (κ3) is 1.91. The van der Waals surface area contributed by atoms with Crippen LogP contribution >= 0.6 is 11.3 Å². The summed E-state index contributed by atoms with van der Waals surface area (Å²) in [6.07, 6.45) is 2.59. The fraction of sp³-hybridized carbons (Fsp3) is 0.286. The van der Waals surface area contributed by atoms with Gasteiger partial charge in [0, 0.05) is 15.2 Å². The van der Waals surface area contributed by atoms with Gasteiger partial charge in [-0.2, -0.15) is 0 Å². The maximum atomic E-state index is 10.5. The van der Waals surface area contributed by atoms with Gasteiger partial charge < -0.3 is 0 Å². The van der Waals surface area contributed by atoms with Gasteiger partial charge in [-0.3, -0.25) is 0 Å². The van der Waals surface area contributed by atoms with E-state index in [4.69, 9.17) is 0 Å². The Balaban J connectivity index is 1.97. The summed E-state index contributed by atoms with van der Waals surface area (Å²) in [7, 11) is 0. The second kappa shape index (κ2) is 3.77. The molecule has 0 saturated heterocycles. The quantitative estimate of drug-likeness (QED) is 0.707. The average Bonchev–Trinajstić information content (AvgIpc) is 2.94. The minimum Gasteiger partial charge on any atom is -0.145 e. The van der Waals surface area contributed by atoms with E-state index in [1.807, 2.05) is 29.5 Å². The highest BCUT2D eigenvalue weighted by Gasteiger charge is 2.40. The lowest BCUT2D eigenvalue weighted by molar-refractivity contribution is 0.809. The first-order chi connectivity index (χ1) is 8.21. The average molecular weight is 243 g/mol. The molecule has 2 aromatic rings. The molecule has 0 radical (unpaired) electrons. The molecule has 0 atom stereocenters. The maximum absolute atomic E-state index is 10.5. The lowest BCUT2D eigenvalue weighted by Crippen LogP contribution is -1.93. The summed E-state index contributed by atoms with van der Waals surface area (Å²) in [4.78, 5) is 13.2. The molecule has 1 fully saturated rings. The van der Waals surface area contributed by atoms with Crippen molar-refractivity contribution in [2.45, 2.75) is 25.2 Å². The van der Waals surface area contributed by atoms with Crippen molar-refractivity contribution in [1.82, 2.24) is 0 Å². The number of hydrogen-bond donors (Lipinski definition) is 0. The lowest BCUT2D eigenvalue weighted by atomic mass is 10.1. The van der Waals surface area contributed by atoms with E-state index in [2.05, 4.69) is 24.2 Å². The molecule has 0 unspecified atom stereocenters. The van der Waals surface area contributed by atoms with Crippen molar-refractivity contribution in [3.8, 4) is 10.4 Å². The Bertz CT molecular complexity index is 569. The number of hydrogen-bond acceptors (Lipinski definition) is 3. The molecule has 0 aliphatic heterocycles. The van der Waals surface area contributed by atoms with Crippen LogP contribution in [0.1, 0.15) is 24.6 Å². The topological polar surface area (TPSA) is 29.4 Å². The molecule has 0 spiro atoms. The van der Waals surface area contributed by atoms with Crippen LogP contribution in [0, 0.1) is 4.91 Å². The highest BCUT2D eigenvalue weighted by atomic mass is 32.1. The molecule has 1 aromatic heterocycles. The summed E-state index contributed by atoms with van der Waals surface area (Å²) in [5.74, 6) is 0. The largest absolute Gasteiger partial charge is 0.145 e. The summed E-state index contributed by atoms with van der Waals surface area (Å²) < 4.78 is 0. The second-order valence-corrected chi connectivity index (χ2v) is 5.95. The third-order valence-electron chi connectivity index (χ3n) is 3.44. The molecule has 0 N–H and O–H groups in total. The summed E-state index contributed by atoms with van der Waals surface area (Å²) in [6, 6.07) is 11.8. The Labute approximate surface area is 104 Å². The summed E-state index contributed by atoms with van der Waals surface area (Å²) in [6.45, 7) is 2.31. The molecule has 2 nitrogen and oxygen atoms in total. The van der Waals surface area contributed by atoms with E-state index in [0.717, 1.165) is 5.56 Å². The van der Waals surface area contributed by atoms with E-state index in [1.54, 1.807) is 6.07 Å². The van der Waals surface area contributed by atoms with Gasteiger partial charge in [-0.05, 0) is 47.8 Å². The van der Waals surface area contributed by atoms with Gasteiger partial charge in [-0.1, -0.05) is 19.1 Å². The van der Waals surface area contributed by atoms with Gasteiger partial charge in [0.25, 0.3) is 0 Å². The number of rotatable bonds is 3. The normalized spacial score (nSPS) is 16.8. The molecule has 86 valence electrons. The van der Waals surface area contributed by atoms with Crippen LogP contribution in [0.5, 0.6) is 0 Å². The molecule has 1 saturated carbocycles. The van der Waals surface area contributed by atoms with E-state index < -0.39 is 0 Å². The van der Waals surface area contributed by atoms with Crippen LogP contribution < -0.4 is 0 Å². The predicted molar refractivity (Wildman–Crippen MR) is 71.8 cm³/mol. The van der Waals surface area contributed by atoms with Gasteiger partial charge in [0.05, 0.1) is 0 Å². The van der Waals surface area contributed by atoms with Gasteiger partial charge in [-0.15, -0.1) is 16.2 Å². The number of thiophene rings is 1. The monoisotopic (exact) mass is 243 g/mol. The van der Waals surface area contributed by atoms with Crippen molar-refractivity contribution in [1.29, 1.82) is 0 Å². The molecule has 0 amide bonds. The highest BCUT2D eigenvalue weighted by Crippen LogP contribution is 2.51. The Morgan fingerprint density at radius 2 is 2.06 bits per heavy atom. The Morgan fingerprint density at radius 1 is 1.24 bits per heavy atom. The summed E-state index contributed by atoms with van der Waals surface area (Å²) in [5, 5.41) is 2.98. The fourth-order valence-corrected chi connectivity index (χ4v) is 3.17. The number of nitrogens with zero attached hydrogens (tertiary/aromatic N) is 1. The molecule has 1 aliphatic rings. The molecule has 0 bridgehead atoms. The zero-order valence-corrected chi connectivity index (χ0v) is 10.5. The highest BCUT2D eigenvalue weighted by molar-refractivity contribution is 7.15. The molecule has 1 aliphatic carbocycles. The van der Waals surface area contributed by atoms with Crippen molar-refractivity contribution in [2.24, 2.45) is 5.18 Å². The molecule has 3 rings (SSSR count). The number of benzene rings is 1. The number of nitroso groups, excluding NO2 is 1. The van der Waals surface area contributed by atoms with E-state index in [1.165, 1.54) is 22.6 Å². The standard InChI is InChI=1S/C14H13NOS/c1-14(7-8-14)13-6-5-12(17-13)10-3-2-4-11(9-10)15-16/h2-6,9H,7-8H2,1H3. The summed E-state index contributed by atoms with van der Waals surface area (Å²) >= 11 is 1.83. The first kappa shape index (κ1) is 10.7. The SMILES string of the molecule is CC1(c2ccc(-c3cccc(N=O)c3)s2)CC1. The molecule has 3 heteroatoms. The first-order valence-electron chi connectivity index (χ1n) is 5.75. The zero-order valence-electron chi connectivity index (χ0n) is 9.64. The van der Waals surface area contributed by atoms with Crippen LogP contribution in [-0.4, -0.2) is 0 Å². The lowest BCUT2D eigenvalue weighted by Gasteiger charge is -2.02. The molecular weight excluding hydrogens is 230 g/mol. The van der Waals surface area contributed by atoms with Crippen molar-refractivity contribution >= 4 is 17.0 Å². The minimum atomic E-state index is 0.420. The van der Waals surface area contributed by atoms with E-state index in [9.17, 15) is 4.91 Å². The van der Waals surface area contributed by atoms with E-state index >= 15 is 0 Å². The van der Waals surface area contributed by atoms with Crippen LogP contribution in [0.15, 0.2) is 41.6 Å². The molecular formula is C14H13NOS. The minimum absolute atomic E-state index is 0.420. The Hall–Kier alpha value is -1.48. The van der Waals surface area contributed by atoms with Crippen LogP contribution in [0.3, 0.4) is 0 Å². The third-order valence-corrected chi connectivity index (χ3v) is 4.88. The Morgan fingerprint density at radius 3 is 2.76 bits per heavy atom. The summed E-state index contributed by atoms with van der Waals surface area (Å²) in [5.41, 5.74) is 2.00. The van der Waals surface area contributed by atoms with Crippen LogP contribution in [0.4, 0.5) is 5.69 Å². The van der Waals surface area contributed by atoms with Gasteiger partial charge in [0.2, 0.25) is 0 Å². The van der Waals surface area contributed by atoms with Crippen molar-refractivity contribution in [3.05, 3.63) is 46.2 Å². The van der Waals surface area contributed by atoms with Crippen molar-refractivity contribution < 1.29 is 0 Å². The fourth-order valence-electron chi connectivity index (χ4n) is 1.97. The van der Waals surface area contributed by atoms with Crippen molar-refractivity contribution in [3.63, 3.8) is 0 Å². The smallest absolute Gasteiger partial charge is 0.108 e. The first-order valence-corrected chi connectivity index (χ1v) is 6.57. The zero-order chi connectivity index (χ0) is 11.9. The molecule has 1 heterocycles. The predicted octanol–water partition coefficient (Wildman–Crippen LogP) is 4.86. The maximum Gasteiger partial charge on any atom is 0.108 e. The molecule has 1 aromatic carbocycles. The van der Waals surface area contributed by atoms with Gasteiger partial charge in [0.1, 0.15) is 5.69 Å². The van der Waals surface area contributed by atoms with Crippen LogP contribution in [-0.2, 0) is 5.41 Å². The Kier molecular flexibility index (Phi) is 2.37. The van der Waals surface area contributed by atoms with E-state index in [0.29, 0.717) is 11.1 Å².